The molecular weight excluding hydrogens is 196 g/mol. The molecule has 1 rings (SSSR count). The highest BCUT2D eigenvalue weighted by Gasteiger charge is 1.92. The zero-order valence-electron chi connectivity index (χ0n) is 10.6. The summed E-state index contributed by atoms with van der Waals surface area (Å²) in [5, 5.41) is 6.64. The molecule has 16 heavy (non-hydrogen) atoms. The summed E-state index contributed by atoms with van der Waals surface area (Å²) in [5.74, 6) is 0. The minimum Gasteiger partial charge on any atom is -0.320 e. The average Bonchev–Trinajstić information content (AvgIpc) is 2.30. The predicted octanol–water partition coefficient (Wildman–Crippen LogP) is 2.13. The van der Waals surface area contributed by atoms with E-state index in [2.05, 4.69) is 41.8 Å². The summed E-state index contributed by atoms with van der Waals surface area (Å²) in [5.41, 5.74) is 2.76. The van der Waals surface area contributed by atoms with Crippen molar-refractivity contribution in [3.63, 3.8) is 0 Å². The molecule has 2 nitrogen and oxygen atoms in total. The van der Waals surface area contributed by atoms with Crippen molar-refractivity contribution in [3.05, 3.63) is 35.4 Å². The van der Waals surface area contributed by atoms with Crippen LogP contribution >= 0.6 is 0 Å². The molecule has 0 atom stereocenters. The lowest BCUT2D eigenvalue weighted by atomic mass is 10.1. The smallest absolute Gasteiger partial charge is 0.000835 e. The maximum atomic E-state index is 3.48. The number of hydrogen-bond acceptors (Lipinski definition) is 2. The van der Waals surface area contributed by atoms with E-state index >= 15 is 0 Å². The molecule has 0 fully saturated rings. The Balaban J connectivity index is 2.01. The van der Waals surface area contributed by atoms with Gasteiger partial charge in [0.25, 0.3) is 0 Å². The van der Waals surface area contributed by atoms with Crippen LogP contribution in [-0.2, 0) is 6.42 Å². The second-order valence-corrected chi connectivity index (χ2v) is 4.30. The third-order valence-corrected chi connectivity index (χ3v) is 2.74. The van der Waals surface area contributed by atoms with E-state index in [9.17, 15) is 0 Å². The van der Waals surface area contributed by atoms with Crippen LogP contribution in [0.15, 0.2) is 24.3 Å². The number of hydrogen-bond donors (Lipinski definition) is 2. The Kier molecular flexibility index (Phi) is 6.86. The first-order valence-electron chi connectivity index (χ1n) is 6.24. The number of nitrogens with one attached hydrogen (secondary N) is 2. The van der Waals surface area contributed by atoms with Crippen molar-refractivity contribution in [1.82, 2.24) is 10.6 Å². The number of unbranched alkanes of at least 4 members (excludes halogenated alkanes) is 1. The summed E-state index contributed by atoms with van der Waals surface area (Å²) in [7, 11) is 2.00. The second-order valence-electron chi connectivity index (χ2n) is 4.30. The summed E-state index contributed by atoms with van der Waals surface area (Å²) >= 11 is 0. The molecule has 0 aliphatic rings. The molecular formula is C14H24N2. The molecule has 0 heterocycles. The molecule has 0 radical (unpaired) electrons. The summed E-state index contributed by atoms with van der Waals surface area (Å²) < 4.78 is 0. The summed E-state index contributed by atoms with van der Waals surface area (Å²) in [6.07, 6.45) is 3.65. The van der Waals surface area contributed by atoms with Crippen LogP contribution in [0.2, 0.25) is 0 Å². The van der Waals surface area contributed by atoms with Gasteiger partial charge in [0.2, 0.25) is 0 Å². The van der Waals surface area contributed by atoms with Crippen LogP contribution in [0.4, 0.5) is 0 Å². The van der Waals surface area contributed by atoms with Gasteiger partial charge in [0.05, 0.1) is 0 Å². The summed E-state index contributed by atoms with van der Waals surface area (Å²) in [4.78, 5) is 0. The standard InChI is InChI=1S/C14H24N2/c1-13-5-7-14(8-6-13)9-12-16-11-4-3-10-15-2/h5-8,15-16H,3-4,9-12H2,1-2H3. The largest absolute Gasteiger partial charge is 0.320 e. The van der Waals surface area contributed by atoms with E-state index in [1.165, 1.54) is 24.0 Å². The van der Waals surface area contributed by atoms with Crippen molar-refractivity contribution < 1.29 is 0 Å². The van der Waals surface area contributed by atoms with Crippen LogP contribution in [0.25, 0.3) is 0 Å². The Morgan fingerprint density at radius 1 is 0.938 bits per heavy atom. The molecule has 0 saturated carbocycles. The lowest BCUT2D eigenvalue weighted by Gasteiger charge is -2.05. The molecule has 1 aromatic rings. The fourth-order valence-electron chi connectivity index (χ4n) is 1.66. The maximum Gasteiger partial charge on any atom is -0.000835 e. The molecule has 0 aliphatic carbocycles. The quantitative estimate of drug-likeness (QED) is 0.656. The third kappa shape index (κ3) is 5.89. The van der Waals surface area contributed by atoms with Crippen LogP contribution in [0, 0.1) is 6.92 Å². The number of aryl methyl sites for hydroxylation is 1. The first-order chi connectivity index (χ1) is 7.83. The van der Waals surface area contributed by atoms with Crippen molar-refractivity contribution in [1.29, 1.82) is 0 Å². The molecule has 0 unspecified atom stereocenters. The highest BCUT2D eigenvalue weighted by Crippen LogP contribution is 2.02. The molecule has 0 aromatic heterocycles. The van der Waals surface area contributed by atoms with E-state index < -0.39 is 0 Å². The highest BCUT2D eigenvalue weighted by molar-refractivity contribution is 5.21. The average molecular weight is 220 g/mol. The van der Waals surface area contributed by atoms with E-state index in [0.717, 1.165) is 26.1 Å². The molecule has 2 heteroatoms. The van der Waals surface area contributed by atoms with Gasteiger partial charge in [-0.25, -0.2) is 0 Å². The number of rotatable bonds is 8. The van der Waals surface area contributed by atoms with Gasteiger partial charge in [-0.2, -0.15) is 0 Å². The van der Waals surface area contributed by atoms with Gasteiger partial charge >= 0.3 is 0 Å². The van der Waals surface area contributed by atoms with E-state index in [0.29, 0.717) is 0 Å². The van der Waals surface area contributed by atoms with Crippen LogP contribution in [0.3, 0.4) is 0 Å². The van der Waals surface area contributed by atoms with Gasteiger partial charge in [0.15, 0.2) is 0 Å². The summed E-state index contributed by atoms with van der Waals surface area (Å²) in [6.45, 7) is 5.47. The van der Waals surface area contributed by atoms with Crippen LogP contribution < -0.4 is 10.6 Å². The van der Waals surface area contributed by atoms with Gasteiger partial charge < -0.3 is 10.6 Å². The molecule has 1 aromatic carbocycles. The monoisotopic (exact) mass is 220 g/mol. The fraction of sp³-hybridized carbons (Fsp3) is 0.571. The van der Waals surface area contributed by atoms with Crippen molar-refractivity contribution in [2.75, 3.05) is 26.7 Å². The zero-order chi connectivity index (χ0) is 11.6. The Morgan fingerprint density at radius 2 is 1.62 bits per heavy atom. The van der Waals surface area contributed by atoms with E-state index in [1.807, 2.05) is 7.05 Å². The van der Waals surface area contributed by atoms with Crippen LogP contribution in [0.5, 0.6) is 0 Å². The minimum atomic E-state index is 1.09. The normalized spacial score (nSPS) is 10.6. The van der Waals surface area contributed by atoms with Crippen molar-refractivity contribution >= 4 is 0 Å². The molecule has 90 valence electrons. The first-order valence-corrected chi connectivity index (χ1v) is 6.24. The lowest BCUT2D eigenvalue weighted by molar-refractivity contribution is 0.606. The molecule has 0 bridgehead atoms. The van der Waals surface area contributed by atoms with E-state index in [-0.39, 0.29) is 0 Å². The fourth-order valence-corrected chi connectivity index (χ4v) is 1.66. The number of benzene rings is 1. The summed E-state index contributed by atoms with van der Waals surface area (Å²) in [6, 6.07) is 8.81. The molecule has 0 amide bonds. The Bertz CT molecular complexity index is 267. The Labute approximate surface area is 99.5 Å². The van der Waals surface area contributed by atoms with Crippen molar-refractivity contribution in [2.24, 2.45) is 0 Å². The SMILES string of the molecule is CNCCCCNCCc1ccc(C)cc1. The Morgan fingerprint density at radius 3 is 2.31 bits per heavy atom. The topological polar surface area (TPSA) is 24.1 Å². The molecule has 2 N–H and O–H groups in total. The molecule has 0 saturated heterocycles. The zero-order valence-corrected chi connectivity index (χ0v) is 10.6. The highest BCUT2D eigenvalue weighted by atomic mass is 14.8. The van der Waals surface area contributed by atoms with Crippen LogP contribution in [-0.4, -0.2) is 26.7 Å². The van der Waals surface area contributed by atoms with Crippen molar-refractivity contribution in [2.45, 2.75) is 26.2 Å². The van der Waals surface area contributed by atoms with Gasteiger partial charge in [0.1, 0.15) is 0 Å². The lowest BCUT2D eigenvalue weighted by Crippen LogP contribution is -2.19. The minimum absolute atomic E-state index is 1.09. The van der Waals surface area contributed by atoms with Gasteiger partial charge in [-0.05, 0) is 58.4 Å². The maximum absolute atomic E-state index is 3.48. The second kappa shape index (κ2) is 8.31. The third-order valence-electron chi connectivity index (χ3n) is 2.74. The first kappa shape index (κ1) is 13.2. The van der Waals surface area contributed by atoms with E-state index in [4.69, 9.17) is 0 Å². The van der Waals surface area contributed by atoms with Gasteiger partial charge in [0, 0.05) is 0 Å². The molecule has 0 spiro atoms. The molecule has 0 aliphatic heterocycles. The van der Waals surface area contributed by atoms with Gasteiger partial charge in [-0.1, -0.05) is 29.8 Å². The van der Waals surface area contributed by atoms with Crippen molar-refractivity contribution in [3.8, 4) is 0 Å². The van der Waals surface area contributed by atoms with E-state index in [1.54, 1.807) is 0 Å². The predicted molar refractivity (Wildman–Crippen MR) is 70.9 cm³/mol. The van der Waals surface area contributed by atoms with Gasteiger partial charge in [-0.15, -0.1) is 0 Å². The van der Waals surface area contributed by atoms with Gasteiger partial charge in [-0.3, -0.25) is 0 Å². The van der Waals surface area contributed by atoms with Crippen LogP contribution in [0.1, 0.15) is 24.0 Å². The Hall–Kier alpha value is -0.860.